The van der Waals surface area contributed by atoms with E-state index in [2.05, 4.69) is 58.5 Å². The third-order valence-corrected chi connectivity index (χ3v) is 8.19. The number of hydrogen-bond acceptors (Lipinski definition) is 5. The number of benzene rings is 2. The number of aromatic nitrogens is 1. The fourth-order valence-electron chi connectivity index (χ4n) is 5.99. The second-order valence-electron chi connectivity index (χ2n) is 10.8. The molecule has 0 saturated carbocycles. The highest BCUT2D eigenvalue weighted by molar-refractivity contribution is 6.05. The van der Waals surface area contributed by atoms with E-state index in [1.54, 1.807) is 4.90 Å². The number of amides is 3. The zero-order valence-electron chi connectivity index (χ0n) is 21.7. The van der Waals surface area contributed by atoms with Crippen molar-refractivity contribution in [3.05, 3.63) is 88.6 Å². The van der Waals surface area contributed by atoms with E-state index in [4.69, 9.17) is 0 Å². The zero-order valence-corrected chi connectivity index (χ0v) is 21.7. The maximum Gasteiger partial charge on any atom is 0.255 e. The summed E-state index contributed by atoms with van der Waals surface area (Å²) in [6.45, 7) is 5.54. The van der Waals surface area contributed by atoms with Gasteiger partial charge in [-0.2, -0.15) is 0 Å². The van der Waals surface area contributed by atoms with Crippen molar-refractivity contribution in [3.63, 3.8) is 0 Å². The van der Waals surface area contributed by atoms with Crippen molar-refractivity contribution < 1.29 is 14.4 Å². The highest BCUT2D eigenvalue weighted by atomic mass is 16.2. The summed E-state index contributed by atoms with van der Waals surface area (Å²) in [6, 6.07) is 18.4. The van der Waals surface area contributed by atoms with Gasteiger partial charge >= 0.3 is 0 Å². The smallest absolute Gasteiger partial charge is 0.255 e. The average molecular weight is 509 g/mol. The van der Waals surface area contributed by atoms with Gasteiger partial charge in [-0.25, -0.2) is 0 Å². The average Bonchev–Trinajstić information content (AvgIpc) is 3.25. The van der Waals surface area contributed by atoms with Gasteiger partial charge in [-0.1, -0.05) is 35.9 Å². The van der Waals surface area contributed by atoms with Crippen LogP contribution in [0.2, 0.25) is 0 Å². The Morgan fingerprint density at radius 1 is 0.947 bits per heavy atom. The largest absolute Gasteiger partial charge is 0.322 e. The van der Waals surface area contributed by atoms with Crippen LogP contribution in [-0.2, 0) is 22.7 Å². The van der Waals surface area contributed by atoms with E-state index in [-0.39, 0.29) is 24.1 Å². The SMILES string of the molecule is Cc1ccc(C2CCN(Cc3ccnc(-c4ccc5c(c4)CN(C4CCC(=O)NC4=O)C5=O)c3)CC2)cc1. The summed E-state index contributed by atoms with van der Waals surface area (Å²) in [5.41, 5.74) is 7.33. The van der Waals surface area contributed by atoms with E-state index in [0.717, 1.165) is 36.5 Å². The van der Waals surface area contributed by atoms with Crippen LogP contribution in [0, 0.1) is 6.92 Å². The molecule has 3 aliphatic rings. The molecule has 0 aliphatic carbocycles. The molecule has 38 heavy (non-hydrogen) atoms. The maximum absolute atomic E-state index is 13.0. The van der Waals surface area contributed by atoms with E-state index in [0.29, 0.717) is 24.4 Å². The van der Waals surface area contributed by atoms with Gasteiger partial charge in [-0.3, -0.25) is 29.6 Å². The Hall–Kier alpha value is -3.84. The quantitative estimate of drug-likeness (QED) is 0.523. The number of rotatable bonds is 5. The first-order valence-corrected chi connectivity index (χ1v) is 13.5. The van der Waals surface area contributed by atoms with E-state index in [1.165, 1.54) is 29.5 Å². The highest BCUT2D eigenvalue weighted by Gasteiger charge is 2.39. The minimum atomic E-state index is -0.604. The van der Waals surface area contributed by atoms with Gasteiger partial charge < -0.3 is 4.90 Å². The molecule has 6 rings (SSSR count). The van der Waals surface area contributed by atoms with E-state index in [1.807, 2.05) is 24.4 Å². The van der Waals surface area contributed by atoms with Crippen LogP contribution in [0.1, 0.15) is 64.2 Å². The molecule has 3 aliphatic heterocycles. The predicted octanol–water partition coefficient (Wildman–Crippen LogP) is 4.20. The molecule has 1 N–H and O–H groups in total. The third-order valence-electron chi connectivity index (χ3n) is 8.19. The van der Waals surface area contributed by atoms with Crippen LogP contribution in [0.25, 0.3) is 11.3 Å². The summed E-state index contributed by atoms with van der Waals surface area (Å²) in [5.74, 6) is -0.190. The number of imide groups is 1. The summed E-state index contributed by atoms with van der Waals surface area (Å²) in [6.07, 6.45) is 4.82. The number of aryl methyl sites for hydroxylation is 1. The molecule has 1 atom stereocenters. The van der Waals surface area contributed by atoms with Crippen molar-refractivity contribution in [1.29, 1.82) is 0 Å². The molecule has 0 radical (unpaired) electrons. The molecule has 2 saturated heterocycles. The number of likely N-dealkylation sites (tertiary alicyclic amines) is 1. The fraction of sp³-hybridized carbons (Fsp3) is 0.355. The molecule has 2 aromatic carbocycles. The first-order valence-electron chi connectivity index (χ1n) is 13.5. The molecule has 7 nitrogen and oxygen atoms in total. The lowest BCUT2D eigenvalue weighted by atomic mass is 9.89. The van der Waals surface area contributed by atoms with Crippen LogP contribution < -0.4 is 5.32 Å². The molecule has 1 aromatic heterocycles. The minimum Gasteiger partial charge on any atom is -0.322 e. The van der Waals surface area contributed by atoms with Crippen LogP contribution in [0.3, 0.4) is 0 Å². The number of piperidine rings is 2. The number of carbonyl (C=O) groups excluding carboxylic acids is 3. The molecular weight excluding hydrogens is 476 g/mol. The van der Waals surface area contributed by atoms with Gasteiger partial charge in [0, 0.05) is 36.8 Å². The normalized spacial score (nSPS) is 20.5. The number of fused-ring (bicyclic) bond motifs is 1. The second kappa shape index (κ2) is 10.1. The summed E-state index contributed by atoms with van der Waals surface area (Å²) in [5, 5.41) is 2.36. The number of hydrogen-bond donors (Lipinski definition) is 1. The standard InChI is InChI=1S/C31H32N4O3/c1-20-2-4-22(5-3-20)23-11-14-34(15-12-23)18-21-10-13-32-27(16-21)24-6-7-26-25(17-24)19-35(31(26)38)28-8-9-29(36)33-30(28)37/h2-7,10,13,16-17,23,28H,8-9,11-12,14-15,18-19H2,1H3,(H,33,36,37). The fourth-order valence-corrected chi connectivity index (χ4v) is 5.99. The Morgan fingerprint density at radius 2 is 1.74 bits per heavy atom. The van der Waals surface area contributed by atoms with E-state index >= 15 is 0 Å². The Bertz CT molecular complexity index is 1390. The number of carbonyl (C=O) groups is 3. The minimum absolute atomic E-state index is 0.156. The lowest BCUT2D eigenvalue weighted by Crippen LogP contribution is -2.52. The second-order valence-corrected chi connectivity index (χ2v) is 10.8. The summed E-state index contributed by atoms with van der Waals surface area (Å²) in [7, 11) is 0. The lowest BCUT2D eigenvalue weighted by Gasteiger charge is -2.32. The first kappa shape index (κ1) is 24.5. The van der Waals surface area contributed by atoms with Gasteiger partial charge in [-0.15, -0.1) is 0 Å². The molecule has 0 spiro atoms. The molecule has 1 unspecified atom stereocenters. The van der Waals surface area contributed by atoms with Crippen molar-refractivity contribution >= 4 is 17.7 Å². The van der Waals surface area contributed by atoms with Crippen LogP contribution in [0.15, 0.2) is 60.8 Å². The van der Waals surface area contributed by atoms with Crippen molar-refractivity contribution in [2.24, 2.45) is 0 Å². The topological polar surface area (TPSA) is 82.6 Å². The third kappa shape index (κ3) is 4.86. The molecule has 3 amide bonds. The molecule has 7 heteroatoms. The molecule has 0 bridgehead atoms. The van der Waals surface area contributed by atoms with E-state index < -0.39 is 6.04 Å². The maximum atomic E-state index is 13.0. The number of nitrogens with one attached hydrogen (secondary N) is 1. The van der Waals surface area contributed by atoms with E-state index in [9.17, 15) is 14.4 Å². The molecule has 4 heterocycles. The number of pyridine rings is 1. The van der Waals surface area contributed by atoms with Crippen LogP contribution in [0.4, 0.5) is 0 Å². The molecule has 194 valence electrons. The van der Waals surface area contributed by atoms with Crippen molar-refractivity contribution in [3.8, 4) is 11.3 Å². The number of nitrogens with zero attached hydrogens (tertiary/aromatic N) is 3. The van der Waals surface area contributed by atoms with Crippen LogP contribution >= 0.6 is 0 Å². The summed E-state index contributed by atoms with van der Waals surface area (Å²) in [4.78, 5) is 45.6. The van der Waals surface area contributed by atoms with Gasteiger partial charge in [0.1, 0.15) is 6.04 Å². The predicted molar refractivity (Wildman–Crippen MR) is 144 cm³/mol. The Balaban J connectivity index is 1.12. The van der Waals surface area contributed by atoms with Gasteiger partial charge in [0.25, 0.3) is 5.91 Å². The molecule has 3 aromatic rings. The van der Waals surface area contributed by atoms with Crippen molar-refractivity contribution in [2.45, 2.75) is 57.7 Å². The van der Waals surface area contributed by atoms with Gasteiger partial charge in [0.15, 0.2) is 0 Å². The lowest BCUT2D eigenvalue weighted by molar-refractivity contribution is -0.136. The van der Waals surface area contributed by atoms with Crippen LogP contribution in [0.5, 0.6) is 0 Å². The van der Waals surface area contributed by atoms with Gasteiger partial charge in [0.2, 0.25) is 11.8 Å². The monoisotopic (exact) mass is 508 g/mol. The van der Waals surface area contributed by atoms with Crippen molar-refractivity contribution in [1.82, 2.24) is 20.1 Å². The van der Waals surface area contributed by atoms with Gasteiger partial charge in [0.05, 0.1) is 5.69 Å². The Labute approximate surface area is 222 Å². The zero-order chi connectivity index (χ0) is 26.2. The van der Waals surface area contributed by atoms with Gasteiger partial charge in [-0.05, 0) is 86.1 Å². The Kier molecular flexibility index (Phi) is 6.54. The van der Waals surface area contributed by atoms with Crippen LogP contribution in [-0.4, -0.2) is 51.6 Å². The molecule has 2 fully saturated rings. The van der Waals surface area contributed by atoms with Crippen molar-refractivity contribution in [2.75, 3.05) is 13.1 Å². The summed E-state index contributed by atoms with van der Waals surface area (Å²) >= 11 is 0. The Morgan fingerprint density at radius 3 is 2.50 bits per heavy atom. The highest BCUT2D eigenvalue weighted by Crippen LogP contribution is 2.32. The summed E-state index contributed by atoms with van der Waals surface area (Å²) < 4.78 is 0. The molecular formula is C31H32N4O3. The first-order chi connectivity index (χ1) is 18.4.